The fourth-order valence-electron chi connectivity index (χ4n) is 10.7. The van der Waals surface area contributed by atoms with Crippen molar-refractivity contribution in [2.75, 3.05) is 13.2 Å². The van der Waals surface area contributed by atoms with E-state index in [2.05, 4.69) is 27.7 Å². The van der Waals surface area contributed by atoms with E-state index in [1.807, 2.05) is 0 Å². The fourth-order valence-corrected chi connectivity index (χ4v) is 11.2. The molecule has 0 aromatic heterocycles. The molecule has 0 radical (unpaired) electrons. The van der Waals surface area contributed by atoms with Crippen LogP contribution in [0.3, 0.4) is 0 Å². The molecule has 4 saturated carbocycles. The third kappa shape index (κ3) is 6.51. The van der Waals surface area contributed by atoms with Crippen LogP contribution in [0.2, 0.25) is 0 Å². The van der Waals surface area contributed by atoms with E-state index in [4.69, 9.17) is 13.7 Å². The summed E-state index contributed by atoms with van der Waals surface area (Å²) in [6.07, 6.45) is 0.365. The third-order valence-electron chi connectivity index (χ3n) is 12.9. The summed E-state index contributed by atoms with van der Waals surface area (Å²) in [5.74, 6) is 1.03. The average molecular weight is 648 g/mol. The smallest absolute Gasteiger partial charge is 0.217 e. The van der Waals surface area contributed by atoms with Gasteiger partial charge in [-0.1, -0.05) is 40.5 Å². The van der Waals surface area contributed by atoms with E-state index in [1.165, 1.54) is 0 Å². The Morgan fingerprint density at radius 2 is 1.66 bits per heavy atom. The minimum absolute atomic E-state index is 0.0752. The Hall–Kier alpha value is -0.410. The van der Waals surface area contributed by atoms with Crippen molar-refractivity contribution in [1.82, 2.24) is 0 Å². The molecule has 5 aliphatic rings. The van der Waals surface area contributed by atoms with Gasteiger partial charge < -0.3 is 39.6 Å². The molecule has 0 aromatic rings. The van der Waals surface area contributed by atoms with E-state index in [9.17, 15) is 38.5 Å². The van der Waals surface area contributed by atoms with Gasteiger partial charge in [-0.25, -0.2) is 8.42 Å². The van der Waals surface area contributed by atoms with Gasteiger partial charge in [-0.3, -0.25) is 4.18 Å². The van der Waals surface area contributed by atoms with Gasteiger partial charge >= 0.3 is 0 Å². The molecule has 12 heteroatoms. The second-order valence-corrected chi connectivity index (χ2v) is 16.6. The molecule has 5 rings (SSSR count). The molecule has 0 spiro atoms. The first-order chi connectivity index (χ1) is 20.6. The standard InChI is InChI=1S/C32H56O11S/c1-17(2)6-5-7-18(15-33)21-8-9-22-20-13-25(34)24-12-19(43-44(38,39)40)10-11-31(24,3)23(20)14-27(32(21,22)4)42-30-29(37)28(36)26(35)16-41-30/h17-30,33-37H,5-16H2,1-4H3,(H,38,39,40)/p-1/t18-,19+,20-,21+,22-,23-,24+,25+,26+,27+,28-,29+,30-,31+,32+/m0/s1. The normalized spacial score (nSPS) is 48.4. The Kier molecular flexibility index (Phi) is 10.5. The van der Waals surface area contributed by atoms with Gasteiger partial charge in [0, 0.05) is 12.0 Å². The minimum Gasteiger partial charge on any atom is -0.726 e. The van der Waals surface area contributed by atoms with Crippen molar-refractivity contribution in [3.05, 3.63) is 0 Å². The summed E-state index contributed by atoms with van der Waals surface area (Å²) in [6, 6.07) is 0. The van der Waals surface area contributed by atoms with E-state index in [1.54, 1.807) is 0 Å². The SMILES string of the molecule is CC(C)CCC[C@@H](CO)[C@H]1CC[C@H]2[C@@H]3C[C@@H](O)[C@H]4C[C@H](OS(=O)(=O)[O-])CC[C@]4(C)[C@H]3C[C@@H](O[C@@H]3OC[C@@H](O)[C@H](O)[C@H]3O)[C@]12C. The summed E-state index contributed by atoms with van der Waals surface area (Å²) in [4.78, 5) is 0. The van der Waals surface area contributed by atoms with Crippen LogP contribution in [0.5, 0.6) is 0 Å². The maximum Gasteiger partial charge on any atom is 0.217 e. The minimum atomic E-state index is -4.86. The number of ether oxygens (including phenoxy) is 2. The summed E-state index contributed by atoms with van der Waals surface area (Å²) >= 11 is 0. The molecular formula is C32H55O11S-. The van der Waals surface area contributed by atoms with Crippen LogP contribution in [-0.4, -0.2) is 94.6 Å². The maximum absolute atomic E-state index is 11.6. The number of rotatable bonds is 10. The van der Waals surface area contributed by atoms with Crippen LogP contribution >= 0.6 is 0 Å². The summed E-state index contributed by atoms with van der Waals surface area (Å²) < 4.78 is 51.5. The zero-order valence-electron chi connectivity index (χ0n) is 26.7. The van der Waals surface area contributed by atoms with Gasteiger partial charge in [0.15, 0.2) is 6.29 Å². The highest BCUT2D eigenvalue weighted by Gasteiger charge is 2.66. The number of aliphatic hydroxyl groups excluding tert-OH is 5. The van der Waals surface area contributed by atoms with E-state index >= 15 is 0 Å². The second kappa shape index (κ2) is 13.2. The van der Waals surface area contributed by atoms with Crippen molar-refractivity contribution in [1.29, 1.82) is 0 Å². The Balaban J connectivity index is 1.46. The highest BCUT2D eigenvalue weighted by Crippen LogP contribution is 2.69. The lowest BCUT2D eigenvalue weighted by molar-refractivity contribution is -0.312. The predicted octanol–water partition coefficient (Wildman–Crippen LogP) is 2.33. The van der Waals surface area contributed by atoms with Crippen molar-refractivity contribution in [3.8, 4) is 0 Å². The number of hydrogen-bond donors (Lipinski definition) is 5. The van der Waals surface area contributed by atoms with Crippen molar-refractivity contribution in [2.45, 2.75) is 135 Å². The predicted molar refractivity (Wildman–Crippen MR) is 158 cm³/mol. The molecule has 0 bridgehead atoms. The van der Waals surface area contributed by atoms with Crippen LogP contribution in [0.15, 0.2) is 0 Å². The quantitative estimate of drug-likeness (QED) is 0.133. The van der Waals surface area contributed by atoms with Crippen LogP contribution < -0.4 is 0 Å². The third-order valence-corrected chi connectivity index (χ3v) is 13.5. The van der Waals surface area contributed by atoms with Crippen molar-refractivity contribution in [2.24, 2.45) is 52.3 Å². The molecule has 0 unspecified atom stereocenters. The van der Waals surface area contributed by atoms with Gasteiger partial charge in [0.05, 0.1) is 24.9 Å². The first-order valence-electron chi connectivity index (χ1n) is 16.8. The Morgan fingerprint density at radius 1 is 0.932 bits per heavy atom. The molecular weight excluding hydrogens is 592 g/mol. The van der Waals surface area contributed by atoms with Crippen LogP contribution in [0.1, 0.15) is 91.9 Å². The number of hydrogen-bond acceptors (Lipinski definition) is 11. The van der Waals surface area contributed by atoms with Gasteiger partial charge in [-0.2, -0.15) is 0 Å². The largest absolute Gasteiger partial charge is 0.726 e. The summed E-state index contributed by atoms with van der Waals surface area (Å²) in [7, 11) is -4.86. The van der Waals surface area contributed by atoms with Crippen LogP contribution in [-0.2, 0) is 24.1 Å². The molecule has 44 heavy (non-hydrogen) atoms. The molecule has 5 N–H and O–H groups in total. The molecule has 1 saturated heterocycles. The highest BCUT2D eigenvalue weighted by atomic mass is 32.3. The van der Waals surface area contributed by atoms with Crippen LogP contribution in [0.25, 0.3) is 0 Å². The lowest BCUT2D eigenvalue weighted by Crippen LogP contribution is -2.63. The molecule has 11 nitrogen and oxygen atoms in total. The first-order valence-corrected chi connectivity index (χ1v) is 18.2. The molecule has 256 valence electrons. The second-order valence-electron chi connectivity index (χ2n) is 15.6. The molecule has 1 aliphatic heterocycles. The number of fused-ring (bicyclic) bond motifs is 5. The lowest BCUT2D eigenvalue weighted by Gasteiger charge is -2.64. The summed E-state index contributed by atoms with van der Waals surface area (Å²) in [5, 5.41) is 53.6. The van der Waals surface area contributed by atoms with E-state index < -0.39 is 52.6 Å². The van der Waals surface area contributed by atoms with E-state index in [0.717, 1.165) is 32.1 Å². The average Bonchev–Trinajstić information content (AvgIpc) is 3.30. The van der Waals surface area contributed by atoms with E-state index in [0.29, 0.717) is 31.6 Å². The molecule has 0 amide bonds. The zero-order chi connectivity index (χ0) is 32.2. The van der Waals surface area contributed by atoms with Crippen molar-refractivity contribution in [3.63, 3.8) is 0 Å². The highest BCUT2D eigenvalue weighted by molar-refractivity contribution is 7.80. The zero-order valence-corrected chi connectivity index (χ0v) is 27.5. The van der Waals surface area contributed by atoms with Gasteiger partial charge in [0.2, 0.25) is 10.4 Å². The van der Waals surface area contributed by atoms with Crippen LogP contribution in [0, 0.1) is 52.3 Å². The molecule has 1 heterocycles. The molecule has 5 fully saturated rings. The van der Waals surface area contributed by atoms with Crippen molar-refractivity contribution >= 4 is 10.4 Å². The monoisotopic (exact) mass is 647 g/mol. The van der Waals surface area contributed by atoms with Gasteiger partial charge in [0.1, 0.15) is 18.3 Å². The van der Waals surface area contributed by atoms with Gasteiger partial charge in [-0.15, -0.1) is 0 Å². The number of aliphatic hydroxyl groups is 5. The van der Waals surface area contributed by atoms with Gasteiger partial charge in [0.25, 0.3) is 0 Å². The topological polar surface area (TPSA) is 186 Å². The lowest BCUT2D eigenvalue weighted by atomic mass is 9.43. The summed E-state index contributed by atoms with van der Waals surface area (Å²) in [6.45, 7) is 8.73. The fraction of sp³-hybridized carbons (Fsp3) is 1.00. The van der Waals surface area contributed by atoms with E-state index in [-0.39, 0.29) is 66.7 Å². The summed E-state index contributed by atoms with van der Waals surface area (Å²) in [5.41, 5.74) is -0.748. The first kappa shape index (κ1) is 34.9. The van der Waals surface area contributed by atoms with Crippen LogP contribution in [0.4, 0.5) is 0 Å². The molecule has 4 aliphatic carbocycles. The Morgan fingerprint density at radius 3 is 2.32 bits per heavy atom. The van der Waals surface area contributed by atoms with Gasteiger partial charge in [-0.05, 0) is 98.2 Å². The maximum atomic E-state index is 11.6. The van der Waals surface area contributed by atoms with Crippen molar-refractivity contribution < 1.29 is 52.2 Å². The molecule has 15 atom stereocenters. The Bertz CT molecular complexity index is 1090. The Labute approximate surface area is 262 Å². The molecule has 0 aromatic carbocycles.